The number of hydrogen-bond donors (Lipinski definition) is 4. The van der Waals surface area contributed by atoms with Crippen LogP contribution in [0.2, 0.25) is 0 Å². The average Bonchev–Trinajstić information content (AvgIpc) is 2.68. The number of methoxy groups -OCH3 is 1. The van der Waals surface area contributed by atoms with Crippen LogP contribution >= 0.6 is 15.2 Å². The maximum atomic E-state index is 11.5. The first-order valence-corrected chi connectivity index (χ1v) is 8.05. The van der Waals surface area contributed by atoms with Gasteiger partial charge in [0.2, 0.25) is 0 Å². The molecule has 0 bridgehead atoms. The van der Waals surface area contributed by atoms with Crippen molar-refractivity contribution in [2.75, 3.05) is 7.11 Å². The summed E-state index contributed by atoms with van der Waals surface area (Å²) in [5.41, 5.74) is -1.09. The first-order valence-electron chi connectivity index (χ1n) is 4.83. The second kappa shape index (κ2) is 4.42. The van der Waals surface area contributed by atoms with Gasteiger partial charge in [0.15, 0.2) is 16.6 Å². The molecule has 2 aromatic rings. The molecule has 19 heavy (non-hydrogen) atoms. The fourth-order valence-corrected chi connectivity index (χ4v) is 2.99. The van der Waals surface area contributed by atoms with E-state index in [1.165, 1.54) is 19.2 Å². The number of pyridine rings is 1. The minimum atomic E-state index is -4.71. The van der Waals surface area contributed by atoms with E-state index in [1.807, 2.05) is 0 Å². The largest absolute Gasteiger partial charge is 0.494 e. The minimum absolute atomic E-state index is 0.00236. The Labute approximate surface area is 106 Å². The monoisotopic (exact) mass is 308 g/mol. The van der Waals surface area contributed by atoms with Crippen LogP contribution < -0.4 is 15.6 Å². The molecule has 0 spiro atoms. The number of rotatable bonds is 3. The molecule has 11 heteroatoms. The predicted octanol–water partition coefficient (Wildman–Crippen LogP) is -1.05. The Morgan fingerprint density at radius 3 is 2.26 bits per heavy atom. The predicted molar refractivity (Wildman–Crippen MR) is 65.1 cm³/mol. The number of fused-ring (bicyclic) bond motifs is 1. The standard InChI is InChI=1S/C8H10N2O7P2/c1-17-5-2-3-6-9-7(18(11,12)13)4-10(6)8(5)19(14,15)16/h2-4H,1H3,(H2,11,12,13)(H2,14,15,16). The first kappa shape index (κ1) is 14.2. The van der Waals surface area contributed by atoms with Crippen LogP contribution in [0.15, 0.2) is 18.3 Å². The van der Waals surface area contributed by atoms with Crippen molar-refractivity contribution in [3.05, 3.63) is 18.3 Å². The molecule has 2 aromatic heterocycles. The van der Waals surface area contributed by atoms with E-state index in [2.05, 4.69) is 4.98 Å². The van der Waals surface area contributed by atoms with E-state index in [4.69, 9.17) is 14.5 Å². The maximum Gasteiger partial charge on any atom is 0.376 e. The molecule has 4 N–H and O–H groups in total. The highest BCUT2D eigenvalue weighted by Gasteiger charge is 2.29. The molecular weight excluding hydrogens is 298 g/mol. The fourth-order valence-electron chi connectivity index (χ4n) is 1.60. The van der Waals surface area contributed by atoms with Crippen molar-refractivity contribution >= 4 is 31.7 Å². The van der Waals surface area contributed by atoms with Crippen molar-refractivity contribution in [2.24, 2.45) is 0 Å². The zero-order valence-corrected chi connectivity index (χ0v) is 11.3. The van der Waals surface area contributed by atoms with Gasteiger partial charge in [-0.15, -0.1) is 0 Å². The summed E-state index contributed by atoms with van der Waals surface area (Å²) in [4.78, 5) is 40.3. The van der Waals surface area contributed by atoms with Crippen molar-refractivity contribution < 1.29 is 33.4 Å². The molecule has 0 atom stereocenters. The second-order valence-electron chi connectivity index (χ2n) is 3.64. The molecule has 0 aliphatic carbocycles. The van der Waals surface area contributed by atoms with Crippen LogP contribution in [0.5, 0.6) is 5.75 Å². The topological polar surface area (TPSA) is 142 Å². The highest BCUT2D eigenvalue weighted by molar-refractivity contribution is 7.60. The van der Waals surface area contributed by atoms with Crippen LogP contribution in [0.4, 0.5) is 0 Å². The Morgan fingerprint density at radius 1 is 1.16 bits per heavy atom. The number of nitrogens with zero attached hydrogens (tertiary/aromatic N) is 2. The summed E-state index contributed by atoms with van der Waals surface area (Å²) in [6.07, 6.45) is 0.882. The van der Waals surface area contributed by atoms with E-state index in [-0.39, 0.29) is 11.4 Å². The van der Waals surface area contributed by atoms with Gasteiger partial charge in [0.1, 0.15) is 5.65 Å². The highest BCUT2D eigenvalue weighted by Crippen LogP contribution is 2.38. The number of ether oxygens (including phenoxy) is 1. The summed E-state index contributed by atoms with van der Waals surface area (Å²) in [5.74, 6) is -0.101. The molecule has 0 aliphatic heterocycles. The Balaban J connectivity index is 2.86. The molecular formula is C8H10N2O7P2. The summed E-state index contributed by atoms with van der Waals surface area (Å²) in [6, 6.07) is 2.59. The van der Waals surface area contributed by atoms with Crippen LogP contribution in [0.3, 0.4) is 0 Å². The smallest absolute Gasteiger partial charge is 0.376 e. The van der Waals surface area contributed by atoms with E-state index >= 15 is 0 Å². The third-order valence-electron chi connectivity index (χ3n) is 2.35. The second-order valence-corrected chi connectivity index (χ2v) is 6.70. The van der Waals surface area contributed by atoms with Gasteiger partial charge < -0.3 is 24.3 Å². The van der Waals surface area contributed by atoms with Gasteiger partial charge in [0.25, 0.3) is 0 Å². The van der Waals surface area contributed by atoms with Gasteiger partial charge in [-0.25, -0.2) is 4.98 Å². The van der Waals surface area contributed by atoms with Gasteiger partial charge in [0.05, 0.1) is 7.11 Å². The van der Waals surface area contributed by atoms with Crippen LogP contribution in [0, 0.1) is 0 Å². The van der Waals surface area contributed by atoms with Crippen LogP contribution in [0.1, 0.15) is 0 Å². The highest BCUT2D eigenvalue weighted by atomic mass is 31.2. The Kier molecular flexibility index (Phi) is 3.30. The Hall–Kier alpha value is -1.21. The van der Waals surface area contributed by atoms with Gasteiger partial charge in [-0.1, -0.05) is 0 Å². The summed E-state index contributed by atoms with van der Waals surface area (Å²) in [5, 5.41) is 0. The lowest BCUT2D eigenvalue weighted by atomic mass is 10.4. The molecule has 0 aromatic carbocycles. The summed E-state index contributed by atoms with van der Waals surface area (Å²) in [6.45, 7) is 0. The molecule has 0 aliphatic rings. The van der Waals surface area contributed by atoms with Crippen molar-refractivity contribution in [1.29, 1.82) is 0 Å². The Bertz CT molecular complexity index is 728. The molecule has 0 radical (unpaired) electrons. The fraction of sp³-hybridized carbons (Fsp3) is 0.125. The quantitative estimate of drug-likeness (QED) is 0.526. The van der Waals surface area contributed by atoms with E-state index in [0.717, 1.165) is 10.6 Å². The number of aromatic nitrogens is 2. The van der Waals surface area contributed by atoms with Gasteiger partial charge in [-0.2, -0.15) is 0 Å². The van der Waals surface area contributed by atoms with E-state index < -0.39 is 26.1 Å². The van der Waals surface area contributed by atoms with Crippen molar-refractivity contribution in [3.8, 4) is 5.75 Å². The lowest BCUT2D eigenvalue weighted by molar-refractivity contribution is 0.377. The SMILES string of the molecule is COc1ccc2nc(P(=O)(O)O)cn2c1P(=O)(O)O. The average molecular weight is 308 g/mol. The van der Waals surface area contributed by atoms with Crippen molar-refractivity contribution in [3.63, 3.8) is 0 Å². The van der Waals surface area contributed by atoms with Gasteiger partial charge in [0, 0.05) is 6.20 Å². The normalized spacial score (nSPS) is 12.9. The molecule has 2 heterocycles. The third-order valence-corrected chi connectivity index (χ3v) is 4.15. The summed E-state index contributed by atoms with van der Waals surface area (Å²) >= 11 is 0. The zero-order chi connectivity index (χ0) is 14.4. The molecule has 2 rings (SSSR count). The number of imidazole rings is 1. The summed E-state index contributed by atoms with van der Waals surface area (Å²) in [7, 11) is -8.10. The van der Waals surface area contributed by atoms with Crippen LogP contribution in [0.25, 0.3) is 5.65 Å². The molecule has 9 nitrogen and oxygen atoms in total. The van der Waals surface area contributed by atoms with E-state index in [0.29, 0.717) is 0 Å². The van der Waals surface area contributed by atoms with Crippen LogP contribution in [-0.2, 0) is 9.13 Å². The first-order chi connectivity index (χ1) is 8.64. The van der Waals surface area contributed by atoms with Crippen molar-refractivity contribution in [2.45, 2.75) is 0 Å². The molecule has 104 valence electrons. The molecule has 0 saturated heterocycles. The third kappa shape index (κ3) is 2.57. The lowest BCUT2D eigenvalue weighted by Crippen LogP contribution is -2.17. The summed E-state index contributed by atoms with van der Waals surface area (Å²) < 4.78 is 28.3. The molecule has 0 amide bonds. The van der Waals surface area contributed by atoms with Gasteiger partial charge in [-0.05, 0) is 12.1 Å². The molecule has 0 fully saturated rings. The van der Waals surface area contributed by atoms with E-state index in [1.54, 1.807) is 0 Å². The van der Waals surface area contributed by atoms with Crippen molar-refractivity contribution in [1.82, 2.24) is 9.38 Å². The van der Waals surface area contributed by atoms with E-state index in [9.17, 15) is 18.9 Å². The maximum absolute atomic E-state index is 11.5. The van der Waals surface area contributed by atoms with Gasteiger partial charge >= 0.3 is 15.2 Å². The molecule has 0 saturated carbocycles. The zero-order valence-electron chi connectivity index (χ0n) is 9.53. The van der Waals surface area contributed by atoms with Gasteiger partial charge in [-0.3, -0.25) is 13.5 Å². The Morgan fingerprint density at radius 2 is 1.79 bits per heavy atom. The number of hydrogen-bond acceptors (Lipinski definition) is 4. The molecule has 0 unspecified atom stereocenters. The lowest BCUT2D eigenvalue weighted by Gasteiger charge is -2.11. The van der Waals surface area contributed by atoms with Crippen LogP contribution in [-0.4, -0.2) is 36.1 Å². The minimum Gasteiger partial charge on any atom is -0.494 e.